The Morgan fingerprint density at radius 3 is 3.19 bits per heavy atom. The lowest BCUT2D eigenvalue weighted by Crippen LogP contribution is -2.27. The van der Waals surface area contributed by atoms with Crippen molar-refractivity contribution in [2.75, 3.05) is 5.75 Å². The molecule has 2 atom stereocenters. The number of carbonyl (C=O) groups excluding carboxylic acids is 1. The summed E-state index contributed by atoms with van der Waals surface area (Å²) < 4.78 is 5.34. The fourth-order valence-corrected chi connectivity index (χ4v) is 5.63. The van der Waals surface area contributed by atoms with Crippen molar-refractivity contribution in [2.45, 2.75) is 44.2 Å². The number of furan rings is 1. The molecule has 1 N–H and O–H groups in total. The molecule has 0 bridgehead atoms. The van der Waals surface area contributed by atoms with E-state index < -0.39 is 0 Å². The molecule has 0 aromatic carbocycles. The number of amides is 1. The van der Waals surface area contributed by atoms with Gasteiger partial charge in [0.15, 0.2) is 0 Å². The van der Waals surface area contributed by atoms with Crippen LogP contribution in [0, 0.1) is 5.92 Å². The Morgan fingerprint density at radius 1 is 1.50 bits per heavy atom. The van der Waals surface area contributed by atoms with Gasteiger partial charge in [-0.25, -0.2) is 9.97 Å². The van der Waals surface area contributed by atoms with Crippen molar-refractivity contribution in [3.05, 3.63) is 40.9 Å². The van der Waals surface area contributed by atoms with Crippen LogP contribution in [0.2, 0.25) is 0 Å². The van der Waals surface area contributed by atoms with Crippen LogP contribution in [0.4, 0.5) is 0 Å². The van der Waals surface area contributed by atoms with Crippen LogP contribution in [0.25, 0.3) is 10.2 Å². The van der Waals surface area contributed by atoms with Gasteiger partial charge >= 0.3 is 0 Å². The summed E-state index contributed by atoms with van der Waals surface area (Å²) in [7, 11) is 0. The summed E-state index contributed by atoms with van der Waals surface area (Å²) in [6.07, 6.45) is 6.64. The van der Waals surface area contributed by atoms with E-state index >= 15 is 0 Å². The number of thioether (sulfide) groups is 1. The number of thiophene rings is 1. The molecule has 0 spiro atoms. The third-order valence-electron chi connectivity index (χ3n) is 4.74. The first-order valence-corrected chi connectivity index (χ1v) is 10.6. The van der Waals surface area contributed by atoms with Gasteiger partial charge in [-0.05, 0) is 49.8 Å². The molecule has 5 nitrogen and oxygen atoms in total. The molecule has 7 heteroatoms. The van der Waals surface area contributed by atoms with Crippen molar-refractivity contribution in [3.63, 3.8) is 0 Å². The van der Waals surface area contributed by atoms with E-state index in [1.807, 2.05) is 19.1 Å². The summed E-state index contributed by atoms with van der Waals surface area (Å²) in [4.78, 5) is 23.7. The van der Waals surface area contributed by atoms with E-state index in [1.165, 1.54) is 28.6 Å². The van der Waals surface area contributed by atoms with Crippen molar-refractivity contribution in [1.82, 2.24) is 15.3 Å². The summed E-state index contributed by atoms with van der Waals surface area (Å²) >= 11 is 3.27. The molecule has 0 saturated carbocycles. The minimum atomic E-state index is -0.140. The second-order valence-corrected chi connectivity index (χ2v) is 8.85. The van der Waals surface area contributed by atoms with Crippen LogP contribution >= 0.6 is 23.1 Å². The molecule has 136 valence electrons. The van der Waals surface area contributed by atoms with Gasteiger partial charge in [0.05, 0.1) is 18.1 Å². The van der Waals surface area contributed by atoms with Crippen LogP contribution in [0.1, 0.15) is 42.5 Å². The van der Waals surface area contributed by atoms with Gasteiger partial charge in [0.1, 0.15) is 21.9 Å². The molecule has 0 fully saturated rings. The van der Waals surface area contributed by atoms with Gasteiger partial charge < -0.3 is 9.73 Å². The zero-order valence-electron chi connectivity index (χ0n) is 14.8. The number of hydrogen-bond donors (Lipinski definition) is 1. The normalized spacial score (nSPS) is 17.8. The molecule has 0 saturated heterocycles. The molecule has 1 aliphatic carbocycles. The molecule has 3 aromatic rings. The second kappa shape index (κ2) is 7.40. The van der Waals surface area contributed by atoms with Crippen LogP contribution in [0.5, 0.6) is 0 Å². The Bertz CT molecular complexity index is 920. The molecule has 3 aromatic heterocycles. The highest BCUT2D eigenvalue weighted by Gasteiger charge is 2.23. The Hall–Kier alpha value is -1.86. The summed E-state index contributed by atoms with van der Waals surface area (Å²) in [6, 6.07) is 3.55. The minimum Gasteiger partial charge on any atom is -0.467 e. The largest absolute Gasteiger partial charge is 0.467 e. The van der Waals surface area contributed by atoms with Crippen molar-refractivity contribution in [2.24, 2.45) is 5.92 Å². The highest BCUT2D eigenvalue weighted by atomic mass is 32.2. The van der Waals surface area contributed by atoms with E-state index in [0.717, 1.165) is 39.8 Å². The van der Waals surface area contributed by atoms with Crippen LogP contribution in [0.3, 0.4) is 0 Å². The third kappa shape index (κ3) is 3.50. The average Bonchev–Trinajstić information content (AvgIpc) is 3.27. The SMILES string of the molecule is C[C@@H]1CCc2c(sc3ncnc(SCC(=O)N[C@H](C)c4ccco4)c23)C1. The Balaban J connectivity index is 1.48. The number of rotatable bonds is 5. The zero-order chi connectivity index (χ0) is 18.1. The first kappa shape index (κ1) is 17.5. The van der Waals surface area contributed by atoms with E-state index in [0.29, 0.717) is 5.75 Å². The van der Waals surface area contributed by atoms with E-state index in [1.54, 1.807) is 23.9 Å². The van der Waals surface area contributed by atoms with Crippen LogP contribution in [-0.4, -0.2) is 21.6 Å². The van der Waals surface area contributed by atoms with Gasteiger partial charge in [0.2, 0.25) is 5.91 Å². The van der Waals surface area contributed by atoms with Gasteiger partial charge in [0, 0.05) is 10.3 Å². The maximum atomic E-state index is 12.3. The Kier molecular flexibility index (Phi) is 5.00. The fourth-order valence-electron chi connectivity index (χ4n) is 3.38. The lowest BCUT2D eigenvalue weighted by molar-refractivity contribution is -0.119. The number of nitrogens with one attached hydrogen (secondary N) is 1. The van der Waals surface area contributed by atoms with Gasteiger partial charge in [-0.2, -0.15) is 0 Å². The summed E-state index contributed by atoms with van der Waals surface area (Å²) in [5, 5.41) is 5.05. The average molecular weight is 388 g/mol. The number of aryl methyl sites for hydroxylation is 1. The van der Waals surface area contributed by atoms with Crippen molar-refractivity contribution >= 4 is 39.2 Å². The monoisotopic (exact) mass is 387 g/mol. The molecule has 0 radical (unpaired) electrons. The van der Waals surface area contributed by atoms with Gasteiger partial charge in [-0.15, -0.1) is 11.3 Å². The first-order valence-electron chi connectivity index (χ1n) is 8.82. The fraction of sp³-hybridized carbons (Fsp3) is 0.421. The molecule has 26 heavy (non-hydrogen) atoms. The molecule has 4 rings (SSSR count). The van der Waals surface area contributed by atoms with Gasteiger partial charge in [-0.3, -0.25) is 4.79 Å². The molecule has 3 heterocycles. The molecule has 1 aliphatic rings. The highest BCUT2D eigenvalue weighted by molar-refractivity contribution is 8.00. The zero-order valence-corrected chi connectivity index (χ0v) is 16.5. The summed E-state index contributed by atoms with van der Waals surface area (Å²) in [6.45, 7) is 4.22. The molecule has 0 unspecified atom stereocenters. The number of aromatic nitrogens is 2. The van der Waals surface area contributed by atoms with Crippen LogP contribution in [-0.2, 0) is 17.6 Å². The van der Waals surface area contributed by atoms with E-state index in [4.69, 9.17) is 4.42 Å². The third-order valence-corrected chi connectivity index (χ3v) is 6.90. The lowest BCUT2D eigenvalue weighted by Gasteiger charge is -2.18. The molecular weight excluding hydrogens is 366 g/mol. The highest BCUT2D eigenvalue weighted by Crippen LogP contribution is 2.40. The Labute approximate surface area is 160 Å². The lowest BCUT2D eigenvalue weighted by atomic mass is 9.89. The predicted octanol–water partition coefficient (Wildman–Crippen LogP) is 4.38. The maximum absolute atomic E-state index is 12.3. The van der Waals surface area contributed by atoms with E-state index in [-0.39, 0.29) is 11.9 Å². The topological polar surface area (TPSA) is 68.0 Å². The van der Waals surface area contributed by atoms with Gasteiger partial charge in [-0.1, -0.05) is 18.7 Å². The Morgan fingerprint density at radius 2 is 2.38 bits per heavy atom. The van der Waals surface area contributed by atoms with Gasteiger partial charge in [0.25, 0.3) is 0 Å². The maximum Gasteiger partial charge on any atom is 0.230 e. The quantitative estimate of drug-likeness (QED) is 0.520. The smallest absolute Gasteiger partial charge is 0.230 e. The first-order chi connectivity index (χ1) is 12.6. The standard InChI is InChI=1S/C19H21N3O2S2/c1-11-5-6-13-15(8-11)26-19-17(13)18(20-10-21-19)25-9-16(23)22-12(2)14-4-3-7-24-14/h3-4,7,10-12H,5-6,8-9H2,1-2H3,(H,22,23)/t11-,12-/m1/s1. The van der Waals surface area contributed by atoms with Crippen LogP contribution in [0.15, 0.2) is 34.2 Å². The van der Waals surface area contributed by atoms with E-state index in [9.17, 15) is 4.79 Å². The second-order valence-electron chi connectivity index (χ2n) is 6.80. The number of fused-ring (bicyclic) bond motifs is 3. The minimum absolute atomic E-state index is 0.0246. The van der Waals surface area contributed by atoms with Crippen LogP contribution < -0.4 is 5.32 Å². The molecular formula is C19H21N3O2S2. The number of carbonyl (C=O) groups is 1. The number of hydrogen-bond acceptors (Lipinski definition) is 6. The molecule has 0 aliphatic heterocycles. The number of nitrogens with zero attached hydrogens (tertiary/aromatic N) is 2. The van der Waals surface area contributed by atoms with Crippen molar-refractivity contribution in [3.8, 4) is 0 Å². The predicted molar refractivity (Wildman–Crippen MR) is 105 cm³/mol. The van der Waals surface area contributed by atoms with Crippen molar-refractivity contribution < 1.29 is 9.21 Å². The summed E-state index contributed by atoms with van der Waals surface area (Å²) in [5.74, 6) is 1.80. The van der Waals surface area contributed by atoms with Crippen molar-refractivity contribution in [1.29, 1.82) is 0 Å². The molecule has 1 amide bonds. The van der Waals surface area contributed by atoms with E-state index in [2.05, 4.69) is 22.2 Å². The summed E-state index contributed by atoms with van der Waals surface area (Å²) in [5.41, 5.74) is 1.40.